The quantitative estimate of drug-likeness (QED) is 0.817. The lowest BCUT2D eigenvalue weighted by atomic mass is 9.93. The first-order chi connectivity index (χ1) is 10.8. The minimum Gasteiger partial charge on any atom is -0.399 e. The third kappa shape index (κ3) is 6.09. The maximum Gasteiger partial charge on any atom is 0.401 e. The molecule has 0 aromatic heterocycles. The molecule has 1 aromatic rings. The number of nitrogen functional groups attached to an aromatic ring is 1. The summed E-state index contributed by atoms with van der Waals surface area (Å²) in [6.45, 7) is 0.629. The van der Waals surface area contributed by atoms with Crippen LogP contribution in [0.1, 0.15) is 29.6 Å². The van der Waals surface area contributed by atoms with Gasteiger partial charge in [0.2, 0.25) is 0 Å². The fourth-order valence-corrected chi connectivity index (χ4v) is 2.86. The topological polar surface area (TPSA) is 58.4 Å². The maximum absolute atomic E-state index is 12.3. The van der Waals surface area contributed by atoms with Crippen LogP contribution in [0.15, 0.2) is 24.3 Å². The van der Waals surface area contributed by atoms with Crippen LogP contribution in [0.25, 0.3) is 0 Å². The Bertz CT molecular complexity index is 526. The zero-order valence-electron chi connectivity index (χ0n) is 12.9. The molecule has 4 nitrogen and oxygen atoms in total. The van der Waals surface area contributed by atoms with Crippen molar-refractivity contribution in [3.63, 3.8) is 0 Å². The normalized spacial score (nSPS) is 17.2. The Morgan fingerprint density at radius 3 is 2.61 bits per heavy atom. The number of likely N-dealkylation sites (tertiary alicyclic amines) is 1. The van der Waals surface area contributed by atoms with E-state index in [9.17, 15) is 18.0 Å². The van der Waals surface area contributed by atoms with E-state index < -0.39 is 12.7 Å². The van der Waals surface area contributed by atoms with E-state index >= 15 is 0 Å². The van der Waals surface area contributed by atoms with Crippen LogP contribution in [0.4, 0.5) is 18.9 Å². The van der Waals surface area contributed by atoms with Crippen LogP contribution in [0, 0.1) is 5.92 Å². The molecule has 0 saturated carbocycles. The summed E-state index contributed by atoms with van der Waals surface area (Å²) in [6.07, 6.45) is -1.86. The van der Waals surface area contributed by atoms with E-state index in [4.69, 9.17) is 5.73 Å². The Balaban J connectivity index is 1.67. The summed E-state index contributed by atoms with van der Waals surface area (Å²) in [6, 6.07) is 6.75. The predicted octanol–water partition coefficient (Wildman–Crippen LogP) is 2.66. The van der Waals surface area contributed by atoms with Crippen LogP contribution >= 0.6 is 0 Å². The van der Waals surface area contributed by atoms with Crippen molar-refractivity contribution in [1.82, 2.24) is 10.2 Å². The number of nitrogens with two attached hydrogens (primary N) is 1. The third-order valence-electron chi connectivity index (χ3n) is 4.10. The summed E-state index contributed by atoms with van der Waals surface area (Å²) in [5.74, 6) is 0.187. The summed E-state index contributed by atoms with van der Waals surface area (Å²) in [5, 5.41) is 2.83. The minimum absolute atomic E-state index is 0.174. The Morgan fingerprint density at radius 1 is 1.30 bits per heavy atom. The van der Waals surface area contributed by atoms with E-state index in [0.29, 0.717) is 36.8 Å². The number of benzene rings is 1. The second-order valence-corrected chi connectivity index (χ2v) is 6.00. The number of amides is 1. The molecule has 1 aliphatic rings. The molecule has 0 atom stereocenters. The molecule has 1 fully saturated rings. The highest BCUT2D eigenvalue weighted by Crippen LogP contribution is 2.24. The highest BCUT2D eigenvalue weighted by Gasteiger charge is 2.32. The van der Waals surface area contributed by atoms with Crippen molar-refractivity contribution in [2.75, 3.05) is 31.9 Å². The number of piperidine rings is 1. The van der Waals surface area contributed by atoms with Gasteiger partial charge in [0.15, 0.2) is 0 Å². The Labute approximate surface area is 133 Å². The molecular formula is C16H22F3N3O. The number of hydrogen-bond acceptors (Lipinski definition) is 3. The SMILES string of the molecule is Nc1cccc(C(=O)NCCC2CCN(CC(F)(F)F)CC2)c1. The molecule has 1 aromatic carbocycles. The van der Waals surface area contributed by atoms with Gasteiger partial charge in [0.1, 0.15) is 0 Å². The molecule has 0 unspecified atom stereocenters. The van der Waals surface area contributed by atoms with E-state index in [2.05, 4.69) is 5.32 Å². The predicted molar refractivity (Wildman–Crippen MR) is 83.0 cm³/mol. The summed E-state index contributed by atoms with van der Waals surface area (Å²) >= 11 is 0. The molecule has 0 spiro atoms. The van der Waals surface area contributed by atoms with E-state index in [0.717, 1.165) is 19.3 Å². The Morgan fingerprint density at radius 2 is 2.00 bits per heavy atom. The average molecular weight is 329 g/mol. The standard InChI is InChI=1S/C16H22F3N3O/c17-16(18,19)11-22-8-5-12(6-9-22)4-7-21-15(23)13-2-1-3-14(20)10-13/h1-3,10,12H,4-9,11,20H2,(H,21,23). The van der Waals surface area contributed by atoms with Gasteiger partial charge in [-0.3, -0.25) is 9.69 Å². The molecule has 1 amide bonds. The Kier molecular flexibility index (Phi) is 5.87. The lowest BCUT2D eigenvalue weighted by Crippen LogP contribution is -2.40. The number of halogens is 3. The van der Waals surface area contributed by atoms with E-state index in [1.54, 1.807) is 24.3 Å². The van der Waals surface area contributed by atoms with Gasteiger partial charge >= 0.3 is 6.18 Å². The first kappa shape index (κ1) is 17.6. The summed E-state index contributed by atoms with van der Waals surface area (Å²) in [4.78, 5) is 13.4. The van der Waals surface area contributed by atoms with Crippen molar-refractivity contribution in [3.8, 4) is 0 Å². The minimum atomic E-state index is -4.13. The second kappa shape index (κ2) is 7.68. The molecule has 23 heavy (non-hydrogen) atoms. The average Bonchev–Trinajstić information content (AvgIpc) is 2.47. The molecular weight excluding hydrogens is 307 g/mol. The van der Waals surface area contributed by atoms with Crippen LogP contribution < -0.4 is 11.1 Å². The fraction of sp³-hybridized carbons (Fsp3) is 0.562. The van der Waals surface area contributed by atoms with Gasteiger partial charge in [-0.2, -0.15) is 13.2 Å². The number of carbonyl (C=O) groups is 1. The van der Waals surface area contributed by atoms with Crippen LogP contribution in [-0.4, -0.2) is 43.2 Å². The zero-order valence-corrected chi connectivity index (χ0v) is 12.9. The van der Waals surface area contributed by atoms with Crippen LogP contribution in [-0.2, 0) is 0 Å². The molecule has 0 aliphatic carbocycles. The van der Waals surface area contributed by atoms with Crippen molar-refractivity contribution in [3.05, 3.63) is 29.8 Å². The molecule has 1 heterocycles. The van der Waals surface area contributed by atoms with E-state index in [1.165, 1.54) is 4.90 Å². The number of nitrogens with zero attached hydrogens (tertiary/aromatic N) is 1. The van der Waals surface area contributed by atoms with Crippen molar-refractivity contribution < 1.29 is 18.0 Å². The van der Waals surface area contributed by atoms with Gasteiger partial charge in [0.25, 0.3) is 5.91 Å². The number of carbonyl (C=O) groups excluding carboxylic acids is 1. The van der Waals surface area contributed by atoms with Gasteiger partial charge in [-0.25, -0.2) is 0 Å². The molecule has 7 heteroatoms. The zero-order chi connectivity index (χ0) is 16.9. The van der Waals surface area contributed by atoms with Gasteiger partial charge in [-0.1, -0.05) is 6.07 Å². The molecule has 3 N–H and O–H groups in total. The molecule has 0 radical (unpaired) electrons. The first-order valence-corrected chi connectivity index (χ1v) is 7.76. The highest BCUT2D eigenvalue weighted by atomic mass is 19.4. The largest absolute Gasteiger partial charge is 0.401 e. The third-order valence-corrected chi connectivity index (χ3v) is 4.10. The monoisotopic (exact) mass is 329 g/mol. The molecule has 1 aliphatic heterocycles. The van der Waals surface area contributed by atoms with Gasteiger partial charge in [0, 0.05) is 17.8 Å². The van der Waals surface area contributed by atoms with Crippen molar-refractivity contribution >= 4 is 11.6 Å². The number of hydrogen-bond donors (Lipinski definition) is 2. The molecule has 2 rings (SSSR count). The number of alkyl halides is 3. The summed E-state index contributed by atoms with van der Waals surface area (Å²) in [7, 11) is 0. The lowest BCUT2D eigenvalue weighted by molar-refractivity contribution is -0.148. The Hall–Kier alpha value is -1.76. The number of rotatable bonds is 5. The van der Waals surface area contributed by atoms with E-state index in [1.807, 2.05) is 0 Å². The fourth-order valence-electron chi connectivity index (χ4n) is 2.86. The first-order valence-electron chi connectivity index (χ1n) is 7.76. The van der Waals surface area contributed by atoms with Crippen molar-refractivity contribution in [1.29, 1.82) is 0 Å². The summed E-state index contributed by atoms with van der Waals surface area (Å²) in [5.41, 5.74) is 6.69. The van der Waals surface area contributed by atoms with Crippen molar-refractivity contribution in [2.45, 2.75) is 25.4 Å². The van der Waals surface area contributed by atoms with Gasteiger partial charge in [0.05, 0.1) is 6.54 Å². The molecule has 1 saturated heterocycles. The van der Waals surface area contributed by atoms with Crippen LogP contribution in [0.5, 0.6) is 0 Å². The van der Waals surface area contributed by atoms with Crippen LogP contribution in [0.2, 0.25) is 0 Å². The highest BCUT2D eigenvalue weighted by molar-refractivity contribution is 5.94. The van der Waals surface area contributed by atoms with Gasteiger partial charge < -0.3 is 11.1 Å². The van der Waals surface area contributed by atoms with Crippen LogP contribution in [0.3, 0.4) is 0 Å². The smallest absolute Gasteiger partial charge is 0.399 e. The maximum atomic E-state index is 12.3. The van der Waals surface area contributed by atoms with Gasteiger partial charge in [-0.15, -0.1) is 0 Å². The van der Waals surface area contributed by atoms with E-state index in [-0.39, 0.29) is 5.91 Å². The number of anilines is 1. The lowest BCUT2D eigenvalue weighted by Gasteiger charge is -2.32. The number of nitrogens with one attached hydrogen (secondary N) is 1. The van der Waals surface area contributed by atoms with Gasteiger partial charge in [-0.05, 0) is 56.5 Å². The molecule has 128 valence electrons. The second-order valence-electron chi connectivity index (χ2n) is 6.00. The van der Waals surface area contributed by atoms with Crippen molar-refractivity contribution in [2.24, 2.45) is 5.92 Å². The molecule has 0 bridgehead atoms. The summed E-state index contributed by atoms with van der Waals surface area (Å²) < 4.78 is 37.0.